The van der Waals surface area contributed by atoms with Crippen LogP contribution in [0.1, 0.15) is 36.5 Å². The number of benzene rings is 1. The van der Waals surface area contributed by atoms with E-state index in [1.54, 1.807) is 29.2 Å². The molecule has 5 heteroatoms. The second-order valence-corrected chi connectivity index (χ2v) is 5.33. The number of amides is 1. The molecule has 0 saturated heterocycles. The van der Waals surface area contributed by atoms with Crippen molar-refractivity contribution in [3.05, 3.63) is 34.9 Å². The van der Waals surface area contributed by atoms with Gasteiger partial charge in [0.05, 0.1) is 4.99 Å². The molecule has 1 aromatic carbocycles. The normalized spacial score (nSPS) is 10.2. The van der Waals surface area contributed by atoms with Gasteiger partial charge in [-0.25, -0.2) is 0 Å². The van der Waals surface area contributed by atoms with Crippen molar-refractivity contribution >= 4 is 34.7 Å². The van der Waals surface area contributed by atoms with Gasteiger partial charge in [0.25, 0.3) is 5.91 Å². The lowest BCUT2D eigenvalue weighted by molar-refractivity contribution is 0.0758. The van der Waals surface area contributed by atoms with Gasteiger partial charge in [0.2, 0.25) is 0 Å². The van der Waals surface area contributed by atoms with Crippen molar-refractivity contribution in [1.82, 2.24) is 4.90 Å². The van der Waals surface area contributed by atoms with Crippen molar-refractivity contribution in [2.24, 2.45) is 5.73 Å². The van der Waals surface area contributed by atoms with Crippen molar-refractivity contribution in [2.45, 2.75) is 26.2 Å². The molecule has 0 spiro atoms. The molecule has 1 rings (SSSR count). The molecule has 104 valence electrons. The Morgan fingerprint density at radius 1 is 1.42 bits per heavy atom. The number of hydrogen-bond donors (Lipinski definition) is 1. The molecule has 0 aliphatic heterocycles. The minimum Gasteiger partial charge on any atom is -0.393 e. The van der Waals surface area contributed by atoms with Crippen LogP contribution in [-0.4, -0.2) is 28.9 Å². The topological polar surface area (TPSA) is 46.3 Å². The summed E-state index contributed by atoms with van der Waals surface area (Å²) in [6.07, 6.45) is 2.54. The molecular formula is C14H19ClN2OS. The molecule has 0 fully saturated rings. The molecule has 1 amide bonds. The van der Waals surface area contributed by atoms with E-state index in [2.05, 4.69) is 6.92 Å². The fourth-order valence-corrected chi connectivity index (χ4v) is 1.99. The fraction of sp³-hybridized carbons (Fsp3) is 0.429. The SMILES string of the molecule is CCCCN(CCC(N)=S)C(=O)c1cccc(Cl)c1. The largest absolute Gasteiger partial charge is 0.393 e. The van der Waals surface area contributed by atoms with Gasteiger partial charge in [-0.3, -0.25) is 4.79 Å². The van der Waals surface area contributed by atoms with E-state index < -0.39 is 0 Å². The van der Waals surface area contributed by atoms with E-state index in [0.29, 0.717) is 35.1 Å². The molecule has 0 atom stereocenters. The maximum Gasteiger partial charge on any atom is 0.253 e. The molecular weight excluding hydrogens is 280 g/mol. The van der Waals surface area contributed by atoms with E-state index in [1.807, 2.05) is 0 Å². The Kier molecular flexibility index (Phi) is 6.81. The zero-order valence-electron chi connectivity index (χ0n) is 11.1. The van der Waals surface area contributed by atoms with E-state index >= 15 is 0 Å². The molecule has 3 nitrogen and oxygen atoms in total. The average Bonchev–Trinajstić information content (AvgIpc) is 2.38. The number of carbonyl (C=O) groups is 1. The summed E-state index contributed by atoms with van der Waals surface area (Å²) in [7, 11) is 0. The molecule has 0 unspecified atom stereocenters. The van der Waals surface area contributed by atoms with Crippen LogP contribution in [0.4, 0.5) is 0 Å². The van der Waals surface area contributed by atoms with Crippen LogP contribution in [0.25, 0.3) is 0 Å². The van der Waals surface area contributed by atoms with Gasteiger partial charge < -0.3 is 10.6 Å². The van der Waals surface area contributed by atoms with E-state index in [0.717, 1.165) is 12.8 Å². The molecule has 0 aromatic heterocycles. The lowest BCUT2D eigenvalue weighted by atomic mass is 10.2. The van der Waals surface area contributed by atoms with Crippen LogP contribution in [0.15, 0.2) is 24.3 Å². The van der Waals surface area contributed by atoms with Gasteiger partial charge in [-0.15, -0.1) is 0 Å². The van der Waals surface area contributed by atoms with Crippen molar-refractivity contribution in [1.29, 1.82) is 0 Å². The molecule has 0 saturated carbocycles. The van der Waals surface area contributed by atoms with Crippen LogP contribution in [0, 0.1) is 0 Å². The Morgan fingerprint density at radius 3 is 2.74 bits per heavy atom. The van der Waals surface area contributed by atoms with Gasteiger partial charge in [0, 0.05) is 30.1 Å². The smallest absolute Gasteiger partial charge is 0.253 e. The van der Waals surface area contributed by atoms with Gasteiger partial charge in [0.1, 0.15) is 0 Å². The van der Waals surface area contributed by atoms with Crippen molar-refractivity contribution in [2.75, 3.05) is 13.1 Å². The summed E-state index contributed by atoms with van der Waals surface area (Å²) in [6.45, 7) is 3.36. The molecule has 2 N–H and O–H groups in total. The Balaban J connectivity index is 2.77. The Bertz CT molecular complexity index is 451. The summed E-state index contributed by atoms with van der Waals surface area (Å²) in [6, 6.07) is 6.99. The minimum atomic E-state index is -0.0211. The van der Waals surface area contributed by atoms with Gasteiger partial charge in [0.15, 0.2) is 0 Å². The number of nitrogens with zero attached hydrogens (tertiary/aromatic N) is 1. The minimum absolute atomic E-state index is 0.0211. The van der Waals surface area contributed by atoms with Gasteiger partial charge in [-0.05, 0) is 24.6 Å². The van der Waals surface area contributed by atoms with Crippen LogP contribution in [0.5, 0.6) is 0 Å². The molecule has 0 aliphatic rings. The van der Waals surface area contributed by atoms with Crippen molar-refractivity contribution < 1.29 is 4.79 Å². The lowest BCUT2D eigenvalue weighted by Gasteiger charge is -2.22. The summed E-state index contributed by atoms with van der Waals surface area (Å²) in [5, 5.41) is 0.565. The van der Waals surface area contributed by atoms with Crippen molar-refractivity contribution in [3.8, 4) is 0 Å². The molecule has 0 heterocycles. The third-order valence-corrected chi connectivity index (χ3v) is 3.21. The average molecular weight is 299 g/mol. The van der Waals surface area contributed by atoms with Crippen LogP contribution in [-0.2, 0) is 0 Å². The summed E-state index contributed by atoms with van der Waals surface area (Å²) in [5.41, 5.74) is 6.11. The number of carbonyl (C=O) groups excluding carboxylic acids is 1. The molecule has 0 aliphatic carbocycles. The van der Waals surface area contributed by atoms with Gasteiger partial charge in [-0.2, -0.15) is 0 Å². The predicted molar refractivity (Wildman–Crippen MR) is 83.7 cm³/mol. The number of unbranched alkanes of at least 4 members (excludes halogenated alkanes) is 1. The van der Waals surface area contributed by atoms with Crippen LogP contribution in [0.2, 0.25) is 5.02 Å². The summed E-state index contributed by atoms with van der Waals surface area (Å²) >= 11 is 10.8. The Labute approximate surface area is 124 Å². The second kappa shape index (κ2) is 8.12. The first-order chi connectivity index (χ1) is 9.04. The third kappa shape index (κ3) is 5.57. The first-order valence-electron chi connectivity index (χ1n) is 6.37. The van der Waals surface area contributed by atoms with E-state index in [-0.39, 0.29) is 5.91 Å². The monoisotopic (exact) mass is 298 g/mol. The number of hydrogen-bond acceptors (Lipinski definition) is 2. The van der Waals surface area contributed by atoms with E-state index in [1.165, 1.54) is 0 Å². The summed E-state index contributed by atoms with van der Waals surface area (Å²) in [5.74, 6) is -0.0211. The van der Waals surface area contributed by atoms with E-state index in [9.17, 15) is 4.79 Å². The summed E-state index contributed by atoms with van der Waals surface area (Å²) < 4.78 is 0. The summed E-state index contributed by atoms with van der Waals surface area (Å²) in [4.78, 5) is 14.6. The number of nitrogens with two attached hydrogens (primary N) is 1. The highest BCUT2D eigenvalue weighted by Gasteiger charge is 2.15. The first kappa shape index (κ1) is 15.9. The van der Waals surface area contributed by atoms with Gasteiger partial charge in [-0.1, -0.05) is 43.2 Å². The standard InChI is InChI=1S/C14H19ClN2OS/c1-2-3-8-17(9-7-13(16)19)14(18)11-5-4-6-12(15)10-11/h4-6,10H,2-3,7-9H2,1H3,(H2,16,19). The van der Waals surface area contributed by atoms with Crippen molar-refractivity contribution in [3.63, 3.8) is 0 Å². The van der Waals surface area contributed by atoms with Gasteiger partial charge >= 0.3 is 0 Å². The highest BCUT2D eigenvalue weighted by Crippen LogP contribution is 2.13. The molecule has 1 aromatic rings. The maximum absolute atomic E-state index is 12.4. The van der Waals surface area contributed by atoms with E-state index in [4.69, 9.17) is 29.6 Å². The first-order valence-corrected chi connectivity index (χ1v) is 7.16. The third-order valence-electron chi connectivity index (χ3n) is 2.77. The highest BCUT2D eigenvalue weighted by atomic mass is 35.5. The molecule has 0 radical (unpaired) electrons. The van der Waals surface area contributed by atoms with Crippen LogP contribution in [0.3, 0.4) is 0 Å². The Morgan fingerprint density at radius 2 is 2.16 bits per heavy atom. The number of halogens is 1. The maximum atomic E-state index is 12.4. The fourth-order valence-electron chi connectivity index (χ4n) is 1.71. The molecule has 0 bridgehead atoms. The lowest BCUT2D eigenvalue weighted by Crippen LogP contribution is -2.34. The zero-order chi connectivity index (χ0) is 14.3. The highest BCUT2D eigenvalue weighted by molar-refractivity contribution is 7.80. The Hall–Kier alpha value is -1.13. The second-order valence-electron chi connectivity index (χ2n) is 4.37. The zero-order valence-corrected chi connectivity index (χ0v) is 12.6. The van der Waals surface area contributed by atoms with Crippen LogP contribution >= 0.6 is 23.8 Å². The quantitative estimate of drug-likeness (QED) is 0.786. The molecule has 19 heavy (non-hydrogen) atoms. The predicted octanol–water partition coefficient (Wildman–Crippen LogP) is 3.26. The van der Waals surface area contributed by atoms with Crippen LogP contribution < -0.4 is 5.73 Å². The number of rotatable bonds is 7. The number of thiocarbonyl (C=S) groups is 1.